The van der Waals surface area contributed by atoms with Gasteiger partial charge in [0.1, 0.15) is 4.90 Å². The average molecular weight is 308 g/mol. The van der Waals surface area contributed by atoms with Crippen molar-refractivity contribution >= 4 is 21.6 Å². The van der Waals surface area contributed by atoms with Gasteiger partial charge in [0, 0.05) is 13.1 Å². The number of rotatable bonds is 3. The lowest BCUT2D eigenvalue weighted by Gasteiger charge is -2.35. The second-order valence-corrected chi connectivity index (χ2v) is 6.54. The van der Waals surface area contributed by atoms with Crippen LogP contribution in [0.2, 0.25) is 5.28 Å². The number of nitrogens with zero attached hydrogens (tertiary/aromatic N) is 3. The molecule has 0 spiro atoms. The molecule has 0 bridgehead atoms. The smallest absolute Gasteiger partial charge is 0.246 e. The van der Waals surface area contributed by atoms with Crippen molar-refractivity contribution in [3.63, 3.8) is 0 Å². The van der Waals surface area contributed by atoms with E-state index in [0.29, 0.717) is 0 Å². The van der Waals surface area contributed by atoms with Crippen LogP contribution in [0, 0.1) is 0 Å². The van der Waals surface area contributed by atoms with Crippen molar-refractivity contribution in [3.05, 3.63) is 17.7 Å². The molecule has 1 N–H and O–H groups in total. The molecule has 1 aliphatic rings. The third-order valence-corrected chi connectivity index (χ3v) is 4.71. The van der Waals surface area contributed by atoms with Gasteiger partial charge in [-0.25, -0.2) is 18.4 Å². The van der Waals surface area contributed by atoms with Gasteiger partial charge in [-0.05, 0) is 18.5 Å². The molecule has 9 heteroatoms. The molecule has 0 radical (unpaired) electrons. The maximum Gasteiger partial charge on any atom is 0.246 e. The van der Waals surface area contributed by atoms with Gasteiger partial charge in [0.15, 0.2) is 0 Å². The third-order valence-electron chi connectivity index (χ3n) is 2.73. The minimum Gasteiger partial charge on any atom is -0.394 e. The quantitative estimate of drug-likeness (QED) is 0.784. The summed E-state index contributed by atoms with van der Waals surface area (Å²) in [7, 11) is -3.70. The normalized spacial score (nSPS) is 25.4. The van der Waals surface area contributed by atoms with E-state index in [2.05, 4.69) is 9.97 Å². The topological polar surface area (TPSA) is 92.6 Å². The predicted octanol–water partition coefficient (Wildman–Crippen LogP) is -0.0997. The van der Waals surface area contributed by atoms with Crippen molar-refractivity contribution in [1.29, 1.82) is 0 Å². The van der Waals surface area contributed by atoms with Crippen LogP contribution in [-0.2, 0) is 14.8 Å². The molecule has 1 saturated heterocycles. The van der Waals surface area contributed by atoms with Gasteiger partial charge >= 0.3 is 0 Å². The molecule has 7 nitrogen and oxygen atoms in total. The van der Waals surface area contributed by atoms with E-state index in [1.165, 1.54) is 16.7 Å². The molecular weight excluding hydrogens is 294 g/mol. The number of hydrogen-bond acceptors (Lipinski definition) is 6. The number of sulfonamides is 1. The molecule has 1 aromatic rings. The molecule has 0 aromatic carbocycles. The van der Waals surface area contributed by atoms with E-state index in [9.17, 15) is 8.42 Å². The molecule has 2 atom stereocenters. The van der Waals surface area contributed by atoms with E-state index >= 15 is 0 Å². The molecule has 19 heavy (non-hydrogen) atoms. The summed E-state index contributed by atoms with van der Waals surface area (Å²) < 4.78 is 31.4. The number of ether oxygens (including phenoxy) is 1. The van der Waals surface area contributed by atoms with Gasteiger partial charge in [-0.2, -0.15) is 4.31 Å². The second kappa shape index (κ2) is 5.68. The Balaban J connectivity index is 2.26. The number of aliphatic hydroxyl groups excluding tert-OH is 1. The number of aliphatic hydroxyl groups is 1. The fourth-order valence-corrected chi connectivity index (χ4v) is 3.42. The Kier molecular flexibility index (Phi) is 4.36. The molecule has 1 fully saturated rings. The average Bonchev–Trinajstić information content (AvgIpc) is 2.38. The Morgan fingerprint density at radius 1 is 1.47 bits per heavy atom. The van der Waals surface area contributed by atoms with Crippen LogP contribution in [0.4, 0.5) is 0 Å². The summed E-state index contributed by atoms with van der Waals surface area (Å²) >= 11 is 5.53. The highest BCUT2D eigenvalue weighted by molar-refractivity contribution is 7.89. The molecule has 106 valence electrons. The summed E-state index contributed by atoms with van der Waals surface area (Å²) in [6.45, 7) is 1.85. The molecule has 1 aliphatic heterocycles. The molecule has 0 saturated carbocycles. The Morgan fingerprint density at radius 2 is 2.11 bits per heavy atom. The van der Waals surface area contributed by atoms with Crippen molar-refractivity contribution in [1.82, 2.24) is 14.3 Å². The van der Waals surface area contributed by atoms with E-state index in [1.54, 1.807) is 6.92 Å². The molecule has 0 aliphatic carbocycles. The zero-order valence-electron chi connectivity index (χ0n) is 10.2. The number of halogens is 1. The molecule has 2 unspecified atom stereocenters. The van der Waals surface area contributed by atoms with E-state index in [0.717, 1.165) is 0 Å². The van der Waals surface area contributed by atoms with E-state index < -0.39 is 16.1 Å². The first-order chi connectivity index (χ1) is 8.93. The summed E-state index contributed by atoms with van der Waals surface area (Å²) in [6.07, 6.45) is 1.53. The standard InChI is InChI=1S/C10H14ClN3O4S/c1-7-4-14(5-8(6-15)18-7)19(16,17)9-2-12-10(11)13-3-9/h2-3,7-8,15H,4-6H2,1H3. The Bertz CT molecular complexity index is 536. The number of aromatic nitrogens is 2. The summed E-state index contributed by atoms with van der Waals surface area (Å²) in [6, 6.07) is 0. The van der Waals surface area contributed by atoms with Gasteiger partial charge in [-0.15, -0.1) is 0 Å². The highest BCUT2D eigenvalue weighted by Gasteiger charge is 2.33. The molecule has 2 heterocycles. The van der Waals surface area contributed by atoms with Gasteiger partial charge in [0.25, 0.3) is 0 Å². The van der Waals surface area contributed by atoms with Crippen molar-refractivity contribution < 1.29 is 18.3 Å². The Labute approximate surface area is 116 Å². The predicted molar refractivity (Wildman–Crippen MR) is 67.2 cm³/mol. The SMILES string of the molecule is CC1CN(S(=O)(=O)c2cnc(Cl)nc2)CC(CO)O1. The Hall–Kier alpha value is -0.800. The molecular formula is C10H14ClN3O4S. The minimum absolute atomic E-state index is 0.0115. The van der Waals surface area contributed by atoms with E-state index in [-0.39, 0.29) is 36.0 Å². The van der Waals surface area contributed by atoms with Crippen molar-refractivity contribution in [2.24, 2.45) is 0 Å². The summed E-state index contributed by atoms with van der Waals surface area (Å²) in [5.74, 6) is 0. The third kappa shape index (κ3) is 3.21. The maximum atomic E-state index is 12.4. The van der Waals surface area contributed by atoms with Gasteiger partial charge < -0.3 is 9.84 Å². The van der Waals surface area contributed by atoms with Crippen molar-refractivity contribution in [3.8, 4) is 0 Å². The van der Waals surface area contributed by atoms with Crippen molar-refractivity contribution in [2.75, 3.05) is 19.7 Å². The summed E-state index contributed by atoms with van der Waals surface area (Å²) in [5, 5.41) is 9.10. The number of hydrogen-bond donors (Lipinski definition) is 1. The minimum atomic E-state index is -3.70. The fraction of sp³-hybridized carbons (Fsp3) is 0.600. The largest absolute Gasteiger partial charge is 0.394 e. The van der Waals surface area contributed by atoms with Crippen LogP contribution >= 0.6 is 11.6 Å². The first-order valence-electron chi connectivity index (χ1n) is 5.67. The van der Waals surface area contributed by atoms with Crippen LogP contribution in [0.3, 0.4) is 0 Å². The number of morpholine rings is 1. The summed E-state index contributed by atoms with van der Waals surface area (Å²) in [4.78, 5) is 7.31. The van der Waals surface area contributed by atoms with Gasteiger partial charge in [0.05, 0.1) is 31.2 Å². The lowest BCUT2D eigenvalue weighted by molar-refractivity contribution is -0.0750. The zero-order chi connectivity index (χ0) is 14.0. The second-order valence-electron chi connectivity index (χ2n) is 4.26. The highest BCUT2D eigenvalue weighted by atomic mass is 35.5. The van der Waals surface area contributed by atoms with Crippen LogP contribution < -0.4 is 0 Å². The van der Waals surface area contributed by atoms with Crippen LogP contribution in [-0.4, -0.2) is 59.7 Å². The highest BCUT2D eigenvalue weighted by Crippen LogP contribution is 2.20. The van der Waals surface area contributed by atoms with Gasteiger partial charge in [-0.1, -0.05) is 0 Å². The lowest BCUT2D eigenvalue weighted by Crippen LogP contribution is -2.50. The molecule has 1 aromatic heterocycles. The molecule has 0 amide bonds. The fourth-order valence-electron chi connectivity index (χ4n) is 1.88. The Morgan fingerprint density at radius 3 is 2.68 bits per heavy atom. The molecule has 2 rings (SSSR count). The van der Waals surface area contributed by atoms with Crippen molar-refractivity contribution in [2.45, 2.75) is 24.0 Å². The first-order valence-corrected chi connectivity index (χ1v) is 7.49. The van der Waals surface area contributed by atoms with Gasteiger partial charge in [-0.3, -0.25) is 0 Å². The van der Waals surface area contributed by atoms with Crippen LogP contribution in [0.5, 0.6) is 0 Å². The van der Waals surface area contributed by atoms with Crippen LogP contribution in [0.25, 0.3) is 0 Å². The monoisotopic (exact) mass is 307 g/mol. The lowest BCUT2D eigenvalue weighted by atomic mass is 10.2. The first kappa shape index (κ1) is 14.6. The maximum absolute atomic E-state index is 12.4. The zero-order valence-corrected chi connectivity index (χ0v) is 11.8. The van der Waals surface area contributed by atoms with Crippen LogP contribution in [0.1, 0.15) is 6.92 Å². The van der Waals surface area contributed by atoms with Crippen LogP contribution in [0.15, 0.2) is 17.3 Å². The van der Waals surface area contributed by atoms with E-state index in [4.69, 9.17) is 21.4 Å². The van der Waals surface area contributed by atoms with Gasteiger partial charge in [0.2, 0.25) is 15.3 Å². The summed E-state index contributed by atoms with van der Waals surface area (Å²) in [5.41, 5.74) is 0. The van der Waals surface area contributed by atoms with E-state index in [1.807, 2.05) is 0 Å².